The van der Waals surface area contributed by atoms with Gasteiger partial charge in [-0.2, -0.15) is 5.10 Å². The number of nitrogens with zero attached hydrogens (tertiary/aromatic N) is 1. The quantitative estimate of drug-likeness (QED) is 0.170. The molecule has 0 aliphatic carbocycles. The summed E-state index contributed by atoms with van der Waals surface area (Å²) in [5, 5.41) is 9.11. The van der Waals surface area contributed by atoms with Gasteiger partial charge >= 0.3 is 11.8 Å². The molecular formula is C28H29BrN4O6. The number of hydrazone groups is 1. The summed E-state index contributed by atoms with van der Waals surface area (Å²) in [6.45, 7) is 3.99. The number of aryl methyl sites for hydroxylation is 1. The van der Waals surface area contributed by atoms with Crippen molar-refractivity contribution in [2.24, 2.45) is 5.10 Å². The van der Waals surface area contributed by atoms with Gasteiger partial charge in [-0.25, -0.2) is 5.43 Å². The van der Waals surface area contributed by atoms with Crippen LogP contribution in [0.2, 0.25) is 0 Å². The highest BCUT2D eigenvalue weighted by Crippen LogP contribution is 2.36. The number of methoxy groups -OCH3 is 1. The Morgan fingerprint density at radius 3 is 2.21 bits per heavy atom. The van der Waals surface area contributed by atoms with Crippen molar-refractivity contribution < 1.29 is 28.6 Å². The van der Waals surface area contributed by atoms with Gasteiger partial charge in [-0.3, -0.25) is 14.4 Å². The average molecular weight is 597 g/mol. The minimum absolute atomic E-state index is 0.235. The fourth-order valence-corrected chi connectivity index (χ4v) is 3.88. The monoisotopic (exact) mass is 596 g/mol. The summed E-state index contributed by atoms with van der Waals surface area (Å²) in [5.41, 5.74) is 5.02. The van der Waals surface area contributed by atoms with Gasteiger partial charge in [-0.15, -0.1) is 0 Å². The molecule has 0 aromatic heterocycles. The first-order valence-corrected chi connectivity index (χ1v) is 12.9. The lowest BCUT2D eigenvalue weighted by Crippen LogP contribution is -2.32. The lowest BCUT2D eigenvalue weighted by Gasteiger charge is -2.14. The van der Waals surface area contributed by atoms with E-state index in [1.807, 2.05) is 31.2 Å². The van der Waals surface area contributed by atoms with Crippen LogP contribution in [0.1, 0.15) is 25.0 Å². The molecule has 11 heteroatoms. The van der Waals surface area contributed by atoms with Crippen molar-refractivity contribution in [1.29, 1.82) is 0 Å². The molecule has 3 rings (SSSR count). The predicted molar refractivity (Wildman–Crippen MR) is 153 cm³/mol. The lowest BCUT2D eigenvalue weighted by molar-refractivity contribution is -0.136. The molecule has 0 unspecified atom stereocenters. The number of hydrogen-bond donors (Lipinski definition) is 3. The Labute approximate surface area is 234 Å². The van der Waals surface area contributed by atoms with Crippen LogP contribution in [-0.2, 0) is 20.8 Å². The van der Waals surface area contributed by atoms with E-state index in [9.17, 15) is 14.4 Å². The highest BCUT2D eigenvalue weighted by molar-refractivity contribution is 9.10. The van der Waals surface area contributed by atoms with Crippen LogP contribution in [0.5, 0.6) is 17.2 Å². The first kappa shape index (κ1) is 29.2. The zero-order valence-electron chi connectivity index (χ0n) is 21.7. The van der Waals surface area contributed by atoms with Crippen LogP contribution in [0.25, 0.3) is 0 Å². The molecule has 0 saturated heterocycles. The van der Waals surface area contributed by atoms with E-state index < -0.39 is 11.8 Å². The minimum atomic E-state index is -0.943. The second kappa shape index (κ2) is 14.5. The molecule has 204 valence electrons. The highest BCUT2D eigenvalue weighted by Gasteiger charge is 2.15. The van der Waals surface area contributed by atoms with Crippen molar-refractivity contribution in [1.82, 2.24) is 5.43 Å². The molecule has 10 nitrogen and oxygen atoms in total. The van der Waals surface area contributed by atoms with Crippen LogP contribution in [0.4, 0.5) is 11.4 Å². The number of amides is 3. The maximum absolute atomic E-state index is 12.4. The number of hydrogen-bond acceptors (Lipinski definition) is 7. The molecule has 0 aliphatic rings. The zero-order chi connectivity index (χ0) is 28.2. The maximum atomic E-state index is 12.4. The summed E-state index contributed by atoms with van der Waals surface area (Å²) in [6.07, 6.45) is 2.26. The van der Waals surface area contributed by atoms with E-state index in [2.05, 4.69) is 44.0 Å². The van der Waals surface area contributed by atoms with Gasteiger partial charge in [0.2, 0.25) is 0 Å². The van der Waals surface area contributed by atoms with E-state index in [4.69, 9.17) is 14.2 Å². The topological polar surface area (TPSA) is 127 Å². The number of ether oxygens (including phenoxy) is 3. The van der Waals surface area contributed by atoms with E-state index >= 15 is 0 Å². The van der Waals surface area contributed by atoms with Crippen molar-refractivity contribution in [3.63, 3.8) is 0 Å². The Morgan fingerprint density at radius 2 is 1.56 bits per heavy atom. The van der Waals surface area contributed by atoms with Crippen LogP contribution in [0.15, 0.2) is 70.2 Å². The van der Waals surface area contributed by atoms with E-state index in [-0.39, 0.29) is 12.5 Å². The third-order valence-electron chi connectivity index (χ3n) is 5.26. The van der Waals surface area contributed by atoms with Gasteiger partial charge in [0, 0.05) is 11.4 Å². The normalized spacial score (nSPS) is 10.6. The summed E-state index contributed by atoms with van der Waals surface area (Å²) >= 11 is 3.43. The number of carbonyl (C=O) groups excluding carboxylic acids is 3. The Kier molecular flexibility index (Phi) is 10.9. The minimum Gasteiger partial charge on any atom is -0.497 e. The van der Waals surface area contributed by atoms with Gasteiger partial charge in [0.15, 0.2) is 18.1 Å². The number of halogens is 1. The molecule has 0 spiro atoms. The highest BCUT2D eigenvalue weighted by atomic mass is 79.9. The van der Waals surface area contributed by atoms with Crippen molar-refractivity contribution in [2.45, 2.75) is 20.3 Å². The van der Waals surface area contributed by atoms with E-state index in [1.54, 1.807) is 36.4 Å². The van der Waals surface area contributed by atoms with Crippen LogP contribution in [0, 0.1) is 0 Å². The summed E-state index contributed by atoms with van der Waals surface area (Å²) in [6, 6.07) is 17.4. The molecule has 3 aromatic rings. The standard InChI is InChI=1S/C28H29BrN4O6/c1-4-18-6-8-20(9-7-18)31-25(34)17-39-26-23(29)14-19(15-24(26)38-5-2)16-30-33-28(36)27(35)32-21-10-12-22(37-3)13-11-21/h6-16H,4-5,17H2,1-3H3,(H,31,34)(H,32,35)(H,33,36)/b30-16-. The molecule has 0 atom stereocenters. The number of benzene rings is 3. The Morgan fingerprint density at radius 1 is 0.897 bits per heavy atom. The van der Waals surface area contributed by atoms with Crippen molar-refractivity contribution in [2.75, 3.05) is 31.0 Å². The van der Waals surface area contributed by atoms with Crippen LogP contribution in [0.3, 0.4) is 0 Å². The zero-order valence-corrected chi connectivity index (χ0v) is 23.3. The van der Waals surface area contributed by atoms with E-state index in [1.165, 1.54) is 18.9 Å². The fourth-order valence-electron chi connectivity index (χ4n) is 3.30. The molecule has 3 aromatic carbocycles. The molecule has 39 heavy (non-hydrogen) atoms. The summed E-state index contributed by atoms with van der Waals surface area (Å²) in [7, 11) is 1.53. The van der Waals surface area contributed by atoms with Gasteiger partial charge in [0.05, 0.1) is 24.4 Å². The average Bonchev–Trinajstić information content (AvgIpc) is 2.93. The SMILES string of the molecule is CCOc1cc(/C=N\NC(=O)C(=O)Nc2ccc(OC)cc2)cc(Br)c1OCC(=O)Nc1ccc(CC)cc1. The third kappa shape index (κ3) is 8.85. The molecule has 0 aliphatic heterocycles. The van der Waals surface area contributed by atoms with E-state index in [0.29, 0.717) is 45.3 Å². The molecule has 0 saturated carbocycles. The summed E-state index contributed by atoms with van der Waals surface area (Å²) < 4.78 is 17.0. The second-order valence-corrected chi connectivity index (χ2v) is 8.89. The molecule has 0 bridgehead atoms. The summed E-state index contributed by atoms with van der Waals surface area (Å²) in [4.78, 5) is 36.6. The van der Waals surface area contributed by atoms with Gasteiger partial charge < -0.3 is 24.8 Å². The first-order valence-electron chi connectivity index (χ1n) is 12.1. The molecule has 0 radical (unpaired) electrons. The largest absolute Gasteiger partial charge is 0.497 e. The van der Waals surface area contributed by atoms with Crippen molar-refractivity contribution in [3.05, 3.63) is 76.3 Å². The second-order valence-electron chi connectivity index (χ2n) is 8.03. The van der Waals surface area contributed by atoms with Crippen LogP contribution in [-0.4, -0.2) is 44.3 Å². The maximum Gasteiger partial charge on any atom is 0.329 e. The Bertz CT molecular complexity index is 1330. The van der Waals surface area contributed by atoms with E-state index in [0.717, 1.165) is 6.42 Å². The predicted octanol–water partition coefficient (Wildman–Crippen LogP) is 4.53. The molecular weight excluding hydrogens is 568 g/mol. The molecule has 0 fully saturated rings. The van der Waals surface area contributed by atoms with Gasteiger partial charge in [0.25, 0.3) is 5.91 Å². The van der Waals surface area contributed by atoms with Gasteiger partial charge in [-0.1, -0.05) is 19.1 Å². The molecule has 3 N–H and O–H groups in total. The van der Waals surface area contributed by atoms with Crippen molar-refractivity contribution in [3.8, 4) is 17.2 Å². The molecule has 0 heterocycles. The van der Waals surface area contributed by atoms with Crippen LogP contribution < -0.4 is 30.3 Å². The smallest absolute Gasteiger partial charge is 0.329 e. The Balaban J connectivity index is 1.59. The number of carbonyl (C=O) groups is 3. The molecule has 3 amide bonds. The summed E-state index contributed by atoms with van der Waals surface area (Å²) in [5.74, 6) is -0.810. The number of nitrogens with one attached hydrogen (secondary N) is 3. The fraction of sp³-hybridized carbons (Fsp3) is 0.214. The van der Waals surface area contributed by atoms with Crippen LogP contribution >= 0.6 is 15.9 Å². The Hall–Kier alpha value is -4.38. The lowest BCUT2D eigenvalue weighted by atomic mass is 10.1. The third-order valence-corrected chi connectivity index (χ3v) is 5.85. The first-order chi connectivity index (χ1) is 18.8. The van der Waals surface area contributed by atoms with Gasteiger partial charge in [-0.05, 0) is 88.9 Å². The van der Waals surface area contributed by atoms with Gasteiger partial charge in [0.1, 0.15) is 5.75 Å². The van der Waals surface area contributed by atoms with Crippen molar-refractivity contribution >= 4 is 51.2 Å². The number of anilines is 2. The number of rotatable bonds is 11.